The normalized spacial score (nSPS) is 11.0. The van der Waals surface area contributed by atoms with Gasteiger partial charge >= 0.3 is 12.1 Å². The molecule has 178 valence electrons. The van der Waals surface area contributed by atoms with Gasteiger partial charge in [0.05, 0.1) is 24.1 Å². The summed E-state index contributed by atoms with van der Waals surface area (Å²) >= 11 is 0. The van der Waals surface area contributed by atoms with E-state index < -0.39 is 29.4 Å². The quantitative estimate of drug-likeness (QED) is 0.477. The lowest BCUT2D eigenvalue weighted by Crippen LogP contribution is -2.29. The van der Waals surface area contributed by atoms with Gasteiger partial charge in [-0.25, -0.2) is 18.4 Å². The molecule has 0 atom stereocenters. The van der Waals surface area contributed by atoms with Crippen LogP contribution in [0.15, 0.2) is 48.7 Å². The molecule has 0 aliphatic carbocycles. The van der Waals surface area contributed by atoms with Gasteiger partial charge in [0.2, 0.25) is 0 Å². The van der Waals surface area contributed by atoms with Gasteiger partial charge < -0.3 is 20.5 Å². The van der Waals surface area contributed by atoms with Gasteiger partial charge in [0.25, 0.3) is 0 Å². The lowest BCUT2D eigenvalue weighted by molar-refractivity contribution is 0.0635. The maximum atomic E-state index is 15.6. The number of primary amides is 1. The van der Waals surface area contributed by atoms with E-state index in [-0.39, 0.29) is 35.0 Å². The summed E-state index contributed by atoms with van der Waals surface area (Å²) in [5.41, 5.74) is 4.86. The zero-order valence-electron chi connectivity index (χ0n) is 18.7. The Kier molecular flexibility index (Phi) is 7.24. The van der Waals surface area contributed by atoms with Gasteiger partial charge in [0.15, 0.2) is 23.1 Å². The molecule has 0 saturated carbocycles. The molecule has 9 nitrogen and oxygen atoms in total. The fraction of sp³-hybridized carbons (Fsp3) is 0.217. The fourth-order valence-electron chi connectivity index (χ4n) is 2.92. The second-order valence-electron chi connectivity index (χ2n) is 8.07. The minimum atomic E-state index is -0.975. The highest BCUT2D eigenvalue weighted by Crippen LogP contribution is 2.40. The zero-order valence-corrected chi connectivity index (χ0v) is 18.7. The molecule has 0 aliphatic rings. The summed E-state index contributed by atoms with van der Waals surface area (Å²) in [5, 5.41) is 12.5. The number of aromatic nitrogens is 2. The number of hydrogen-bond donors (Lipinski definition) is 3. The lowest BCUT2D eigenvalue weighted by Gasteiger charge is -2.21. The van der Waals surface area contributed by atoms with Gasteiger partial charge in [0.1, 0.15) is 5.60 Å². The Morgan fingerprint density at radius 3 is 2.47 bits per heavy atom. The number of carbonyl (C=O) groups is 2. The first-order valence-electron chi connectivity index (χ1n) is 10.1. The average Bonchev–Trinajstić information content (AvgIpc) is 2.75. The summed E-state index contributed by atoms with van der Waals surface area (Å²) in [6.45, 7) is 4.89. The molecule has 0 saturated heterocycles. The molecule has 11 heteroatoms. The molecular formula is C23H23F2N5O4. The van der Waals surface area contributed by atoms with Gasteiger partial charge in [-0.15, -0.1) is 0 Å². The smallest absolute Gasteiger partial charge is 0.412 e. The first-order chi connectivity index (χ1) is 16.0. The first kappa shape index (κ1) is 24.4. The number of para-hydroxylation sites is 1. The highest BCUT2D eigenvalue weighted by atomic mass is 19.1. The number of halogens is 2. The number of ether oxygens (including phenoxy) is 2. The van der Waals surface area contributed by atoms with Crippen LogP contribution in [0.3, 0.4) is 0 Å². The maximum absolute atomic E-state index is 15.6. The Morgan fingerprint density at radius 2 is 1.79 bits per heavy atom. The summed E-state index contributed by atoms with van der Waals surface area (Å²) in [5.74, 6) is -2.32. The molecule has 0 unspecified atom stereocenters. The van der Waals surface area contributed by atoms with Crippen LogP contribution in [-0.4, -0.2) is 27.9 Å². The Labute approximate surface area is 194 Å². The van der Waals surface area contributed by atoms with Gasteiger partial charge in [0, 0.05) is 11.1 Å². The fourth-order valence-corrected chi connectivity index (χ4v) is 2.92. The molecular weight excluding hydrogens is 448 g/mol. The standard InChI is InChI=1S/C23H23F2N5O4/c1-23(2,3)34-22(32)29-16-9-8-14(13-10-11-28-30-17(13)12-27-21(26)31)20(19(16)25)33-18-7-5-4-6-15(18)24/h4-11H,12H2,1-3H3,(H,29,32)(H3,26,27,31). The van der Waals surface area contributed by atoms with Crippen molar-refractivity contribution < 1.29 is 27.8 Å². The van der Waals surface area contributed by atoms with Crippen molar-refractivity contribution in [2.75, 3.05) is 5.32 Å². The number of nitrogens with two attached hydrogens (primary N) is 1. The van der Waals surface area contributed by atoms with E-state index >= 15 is 4.39 Å². The number of nitrogens with one attached hydrogen (secondary N) is 2. The molecule has 34 heavy (non-hydrogen) atoms. The summed E-state index contributed by atoms with van der Waals surface area (Å²) in [6, 6.07) is 8.96. The number of anilines is 1. The molecule has 0 radical (unpaired) electrons. The molecule has 1 aromatic heterocycles. The Bertz CT molecular complexity index is 1210. The van der Waals surface area contributed by atoms with Gasteiger partial charge in [-0.1, -0.05) is 12.1 Å². The third-order valence-electron chi connectivity index (χ3n) is 4.30. The molecule has 3 amide bonds. The summed E-state index contributed by atoms with van der Waals surface area (Å²) in [6.07, 6.45) is 0.480. The number of hydrogen-bond acceptors (Lipinski definition) is 6. The molecule has 3 aromatic rings. The van der Waals surface area contributed by atoms with Crippen molar-refractivity contribution in [3.63, 3.8) is 0 Å². The van der Waals surface area contributed by atoms with E-state index in [0.29, 0.717) is 5.56 Å². The van der Waals surface area contributed by atoms with Crippen molar-refractivity contribution in [2.24, 2.45) is 5.73 Å². The molecule has 0 bridgehead atoms. The number of carbonyl (C=O) groups excluding carboxylic acids is 2. The minimum Gasteiger partial charge on any atom is -0.450 e. The third-order valence-corrected chi connectivity index (χ3v) is 4.30. The van der Waals surface area contributed by atoms with Crippen molar-refractivity contribution in [1.29, 1.82) is 0 Å². The van der Waals surface area contributed by atoms with Crippen LogP contribution in [-0.2, 0) is 11.3 Å². The van der Waals surface area contributed by atoms with E-state index in [2.05, 4.69) is 20.8 Å². The number of nitrogens with zero attached hydrogens (tertiary/aromatic N) is 2. The highest BCUT2D eigenvalue weighted by molar-refractivity contribution is 5.87. The SMILES string of the molecule is CC(C)(C)OC(=O)Nc1ccc(-c2ccnnc2CNC(N)=O)c(Oc2ccccc2F)c1F. The van der Waals surface area contributed by atoms with Gasteiger partial charge in [-0.2, -0.15) is 10.2 Å². The molecule has 0 fully saturated rings. The Morgan fingerprint density at radius 1 is 1.06 bits per heavy atom. The maximum Gasteiger partial charge on any atom is 0.412 e. The molecule has 2 aromatic carbocycles. The van der Waals surface area contributed by atoms with Crippen molar-refractivity contribution in [1.82, 2.24) is 15.5 Å². The molecule has 1 heterocycles. The first-order valence-corrected chi connectivity index (χ1v) is 10.1. The monoisotopic (exact) mass is 471 g/mol. The predicted octanol–water partition coefficient (Wildman–Crippen LogP) is 4.73. The van der Waals surface area contributed by atoms with E-state index in [1.54, 1.807) is 20.8 Å². The molecule has 4 N–H and O–H groups in total. The van der Waals surface area contributed by atoms with E-state index in [9.17, 15) is 14.0 Å². The van der Waals surface area contributed by atoms with Crippen LogP contribution in [0.25, 0.3) is 11.1 Å². The number of urea groups is 1. The van der Waals surface area contributed by atoms with Crippen LogP contribution < -0.4 is 21.1 Å². The van der Waals surface area contributed by atoms with Crippen LogP contribution >= 0.6 is 0 Å². The topological polar surface area (TPSA) is 128 Å². The summed E-state index contributed by atoms with van der Waals surface area (Å²) in [7, 11) is 0. The number of rotatable bonds is 6. The van der Waals surface area contributed by atoms with Crippen molar-refractivity contribution in [2.45, 2.75) is 32.9 Å². The second-order valence-corrected chi connectivity index (χ2v) is 8.07. The van der Waals surface area contributed by atoms with Crippen molar-refractivity contribution >= 4 is 17.8 Å². The van der Waals surface area contributed by atoms with Crippen LogP contribution in [0.2, 0.25) is 0 Å². The molecule has 0 spiro atoms. The minimum absolute atomic E-state index is 0.100. The van der Waals surface area contributed by atoms with Crippen molar-refractivity contribution in [3.8, 4) is 22.6 Å². The van der Waals surface area contributed by atoms with E-state index in [1.165, 1.54) is 42.6 Å². The van der Waals surface area contributed by atoms with Gasteiger partial charge in [-0.05, 0) is 51.1 Å². The van der Waals surface area contributed by atoms with Gasteiger partial charge in [-0.3, -0.25) is 5.32 Å². The predicted molar refractivity (Wildman–Crippen MR) is 120 cm³/mol. The molecule has 0 aliphatic heterocycles. The van der Waals surface area contributed by atoms with Crippen LogP contribution in [0.1, 0.15) is 26.5 Å². The van der Waals surface area contributed by atoms with Crippen LogP contribution in [0, 0.1) is 11.6 Å². The highest BCUT2D eigenvalue weighted by Gasteiger charge is 2.23. The largest absolute Gasteiger partial charge is 0.450 e. The van der Waals surface area contributed by atoms with E-state index in [0.717, 1.165) is 6.07 Å². The van der Waals surface area contributed by atoms with Crippen LogP contribution in [0.4, 0.5) is 24.1 Å². The second kappa shape index (κ2) is 10.1. The summed E-state index contributed by atoms with van der Waals surface area (Å²) < 4.78 is 40.7. The zero-order chi connectivity index (χ0) is 24.9. The molecule has 3 rings (SSSR count). The van der Waals surface area contributed by atoms with E-state index in [4.69, 9.17) is 15.2 Å². The van der Waals surface area contributed by atoms with Crippen LogP contribution in [0.5, 0.6) is 11.5 Å². The van der Waals surface area contributed by atoms with Crippen molar-refractivity contribution in [3.05, 3.63) is 66.0 Å². The Balaban J connectivity index is 2.10. The Hall–Kier alpha value is -4.28. The third kappa shape index (κ3) is 6.15. The lowest BCUT2D eigenvalue weighted by atomic mass is 10.0. The summed E-state index contributed by atoms with van der Waals surface area (Å²) in [4.78, 5) is 23.3. The average molecular weight is 471 g/mol. The van der Waals surface area contributed by atoms with E-state index in [1.807, 2.05) is 0 Å². The number of benzene rings is 2. The number of amides is 3.